The van der Waals surface area contributed by atoms with Crippen LogP contribution in [-0.4, -0.2) is 16.1 Å². The molecule has 0 bridgehead atoms. The van der Waals surface area contributed by atoms with Crippen LogP contribution in [0.3, 0.4) is 0 Å². The van der Waals surface area contributed by atoms with Crippen LogP contribution in [0.25, 0.3) is 12.3 Å². The van der Waals surface area contributed by atoms with Crippen LogP contribution in [0, 0.1) is 0 Å². The first-order valence-electron chi connectivity index (χ1n) is 4.24. The van der Waals surface area contributed by atoms with Gasteiger partial charge in [0.1, 0.15) is 0 Å². The fourth-order valence-electron chi connectivity index (χ4n) is 1.33. The predicted octanol–water partition coefficient (Wildman–Crippen LogP) is 0.712. The first kappa shape index (κ1) is 8.56. The largest absolute Gasteiger partial charge is 0.464 e. The van der Waals surface area contributed by atoms with Gasteiger partial charge in [-0.1, -0.05) is 30.3 Å². The van der Waals surface area contributed by atoms with Gasteiger partial charge >= 0.3 is 6.09 Å². The molecule has 0 saturated carbocycles. The van der Waals surface area contributed by atoms with Gasteiger partial charge in [0.15, 0.2) is 0 Å². The van der Waals surface area contributed by atoms with Crippen LogP contribution in [0.1, 0.15) is 0 Å². The Kier molecular flexibility index (Phi) is 2.07. The van der Waals surface area contributed by atoms with Crippen molar-refractivity contribution in [1.29, 1.82) is 0 Å². The van der Waals surface area contributed by atoms with Gasteiger partial charge in [0.2, 0.25) is 0 Å². The molecular weight excluding hydrogens is 178 g/mol. The maximum atomic E-state index is 10.7. The van der Waals surface area contributed by atoms with Gasteiger partial charge in [-0.15, -0.1) is 0 Å². The van der Waals surface area contributed by atoms with Crippen molar-refractivity contribution < 1.29 is 9.90 Å². The number of allylic oxidation sites excluding steroid dienone is 1. The Morgan fingerprint density at radius 3 is 2.64 bits per heavy atom. The molecule has 70 valence electrons. The van der Waals surface area contributed by atoms with Crippen molar-refractivity contribution in [3.05, 3.63) is 47.0 Å². The van der Waals surface area contributed by atoms with E-state index in [2.05, 4.69) is 0 Å². The Labute approximate surface area is 80.9 Å². The van der Waals surface area contributed by atoms with Gasteiger partial charge in [-0.25, -0.2) is 4.79 Å². The molecule has 1 heterocycles. The van der Waals surface area contributed by atoms with E-state index in [-0.39, 0.29) is 0 Å². The highest BCUT2D eigenvalue weighted by atomic mass is 16.4. The maximum Gasteiger partial charge on any atom is 0.415 e. The number of hydrogen-bond donors (Lipinski definition) is 1. The molecule has 1 amide bonds. The number of rotatable bonds is 0. The third-order valence-electron chi connectivity index (χ3n) is 2.02. The van der Waals surface area contributed by atoms with Gasteiger partial charge in [-0.2, -0.15) is 0 Å². The summed E-state index contributed by atoms with van der Waals surface area (Å²) in [6.07, 6.45) is 5.73. The van der Waals surface area contributed by atoms with Crippen molar-refractivity contribution in [2.24, 2.45) is 0 Å². The maximum absolute atomic E-state index is 10.7. The quantitative estimate of drug-likeness (QED) is 0.650. The van der Waals surface area contributed by atoms with Gasteiger partial charge in [0, 0.05) is 12.4 Å². The summed E-state index contributed by atoms with van der Waals surface area (Å²) in [5.74, 6) is 0. The molecule has 0 atom stereocenters. The van der Waals surface area contributed by atoms with Crippen LogP contribution in [0.5, 0.6) is 0 Å². The van der Waals surface area contributed by atoms with E-state index in [9.17, 15) is 4.79 Å². The topological polar surface area (TPSA) is 40.5 Å². The Balaban J connectivity index is 2.63. The summed E-state index contributed by atoms with van der Waals surface area (Å²) in [7, 11) is 0. The van der Waals surface area contributed by atoms with Crippen LogP contribution in [0.2, 0.25) is 0 Å². The average molecular weight is 187 g/mol. The predicted molar refractivity (Wildman–Crippen MR) is 53.6 cm³/mol. The second-order valence-electron chi connectivity index (χ2n) is 2.96. The number of carbonyl (C=O) groups is 1. The van der Waals surface area contributed by atoms with Gasteiger partial charge in [-0.3, -0.25) is 4.90 Å². The van der Waals surface area contributed by atoms with Crippen molar-refractivity contribution in [1.82, 2.24) is 4.90 Å². The molecule has 1 aromatic rings. The summed E-state index contributed by atoms with van der Waals surface area (Å²) >= 11 is 0. The molecule has 0 saturated heterocycles. The van der Waals surface area contributed by atoms with Crippen molar-refractivity contribution in [2.75, 3.05) is 0 Å². The minimum atomic E-state index is -0.980. The Bertz CT molecular complexity index is 502. The van der Waals surface area contributed by atoms with Gasteiger partial charge in [-0.05, 0) is 16.5 Å². The third-order valence-corrected chi connectivity index (χ3v) is 2.02. The van der Waals surface area contributed by atoms with Crippen molar-refractivity contribution >= 4 is 18.4 Å². The number of nitrogens with zero attached hydrogens (tertiary/aromatic N) is 1. The standard InChI is InChI=1S/C11H9NO2/c13-11(14)12-7-3-6-9-4-1-2-5-10(9)8-12/h1-8H,(H,13,14). The monoisotopic (exact) mass is 187 g/mol. The molecule has 1 N–H and O–H groups in total. The van der Waals surface area contributed by atoms with E-state index in [1.165, 1.54) is 6.20 Å². The minimum Gasteiger partial charge on any atom is -0.464 e. The van der Waals surface area contributed by atoms with Crippen molar-refractivity contribution in [3.8, 4) is 0 Å². The van der Waals surface area contributed by atoms with E-state index < -0.39 is 6.09 Å². The molecule has 0 unspecified atom stereocenters. The second-order valence-corrected chi connectivity index (χ2v) is 2.96. The fraction of sp³-hybridized carbons (Fsp3) is 0. The molecule has 1 aliphatic heterocycles. The zero-order valence-corrected chi connectivity index (χ0v) is 7.42. The summed E-state index contributed by atoms with van der Waals surface area (Å²) in [5.41, 5.74) is 0. The van der Waals surface area contributed by atoms with Gasteiger partial charge in [0.25, 0.3) is 0 Å². The SMILES string of the molecule is O=C(O)N1C=CC=c2ccccc2=C1. The number of hydrogen-bond acceptors (Lipinski definition) is 1. The van der Waals surface area contributed by atoms with E-state index in [0.29, 0.717) is 0 Å². The summed E-state index contributed by atoms with van der Waals surface area (Å²) in [4.78, 5) is 11.9. The minimum absolute atomic E-state index is 0.903. The lowest BCUT2D eigenvalue weighted by molar-refractivity contribution is 0.179. The zero-order valence-electron chi connectivity index (χ0n) is 7.42. The van der Waals surface area contributed by atoms with Crippen LogP contribution in [0.15, 0.2) is 36.5 Å². The first-order valence-corrected chi connectivity index (χ1v) is 4.24. The Morgan fingerprint density at radius 1 is 1.21 bits per heavy atom. The lowest BCUT2D eigenvalue weighted by atomic mass is 10.2. The Hall–Kier alpha value is -2.03. The zero-order chi connectivity index (χ0) is 9.97. The summed E-state index contributed by atoms with van der Waals surface area (Å²) in [6.45, 7) is 0. The lowest BCUT2D eigenvalue weighted by Crippen LogP contribution is -2.27. The average Bonchev–Trinajstić information content (AvgIpc) is 2.39. The number of carboxylic acid groups (broad SMARTS) is 1. The first-order chi connectivity index (χ1) is 6.77. The molecular formula is C11H9NO2. The Morgan fingerprint density at radius 2 is 1.93 bits per heavy atom. The molecule has 0 aliphatic carbocycles. The van der Waals surface area contributed by atoms with E-state index in [0.717, 1.165) is 15.3 Å². The van der Waals surface area contributed by atoms with Crippen LogP contribution < -0.4 is 10.4 Å². The smallest absolute Gasteiger partial charge is 0.415 e. The molecule has 1 aromatic carbocycles. The van der Waals surface area contributed by atoms with E-state index in [4.69, 9.17) is 5.11 Å². The van der Waals surface area contributed by atoms with Crippen LogP contribution >= 0.6 is 0 Å². The normalized spacial score (nSPS) is 13.6. The van der Waals surface area contributed by atoms with E-state index >= 15 is 0 Å². The van der Waals surface area contributed by atoms with E-state index in [1.54, 1.807) is 12.3 Å². The fourth-order valence-corrected chi connectivity index (χ4v) is 1.33. The molecule has 0 radical (unpaired) electrons. The molecule has 1 aliphatic rings. The van der Waals surface area contributed by atoms with Crippen molar-refractivity contribution in [3.63, 3.8) is 0 Å². The highest BCUT2D eigenvalue weighted by Crippen LogP contribution is 1.94. The highest BCUT2D eigenvalue weighted by molar-refractivity contribution is 5.72. The van der Waals surface area contributed by atoms with Crippen molar-refractivity contribution in [2.45, 2.75) is 0 Å². The summed E-state index contributed by atoms with van der Waals surface area (Å²) in [6, 6.07) is 7.64. The summed E-state index contributed by atoms with van der Waals surface area (Å²) < 4.78 is 0. The van der Waals surface area contributed by atoms with Crippen LogP contribution in [-0.2, 0) is 0 Å². The van der Waals surface area contributed by atoms with E-state index in [1.807, 2.05) is 30.3 Å². The molecule has 0 spiro atoms. The lowest BCUT2D eigenvalue weighted by Gasteiger charge is -2.05. The van der Waals surface area contributed by atoms with Gasteiger partial charge in [0.05, 0.1) is 0 Å². The summed E-state index contributed by atoms with van der Waals surface area (Å²) in [5, 5.41) is 10.7. The number of benzene rings is 1. The molecule has 14 heavy (non-hydrogen) atoms. The number of amides is 1. The molecule has 3 nitrogen and oxygen atoms in total. The number of fused-ring (bicyclic) bond motifs is 1. The van der Waals surface area contributed by atoms with Gasteiger partial charge < -0.3 is 5.11 Å². The molecule has 2 rings (SSSR count). The second kappa shape index (κ2) is 3.38. The highest BCUT2D eigenvalue weighted by Gasteiger charge is 2.04. The van der Waals surface area contributed by atoms with Crippen LogP contribution in [0.4, 0.5) is 4.79 Å². The molecule has 0 aromatic heterocycles. The third kappa shape index (κ3) is 1.52. The molecule has 0 fully saturated rings. The molecule has 3 heteroatoms.